The minimum absolute atomic E-state index is 0.132. The minimum atomic E-state index is -1.12. The van der Waals surface area contributed by atoms with Gasteiger partial charge in [0, 0.05) is 17.0 Å². The van der Waals surface area contributed by atoms with E-state index in [0.717, 1.165) is 33.6 Å². The number of anilines is 1. The van der Waals surface area contributed by atoms with Gasteiger partial charge in [0.15, 0.2) is 0 Å². The van der Waals surface area contributed by atoms with Crippen LogP contribution in [0.1, 0.15) is 54.2 Å². The summed E-state index contributed by atoms with van der Waals surface area (Å²) in [5.74, 6) is -1.01. The van der Waals surface area contributed by atoms with Gasteiger partial charge in [-0.3, -0.25) is 4.79 Å². The molecular formula is C46H51N3O7S2. The summed E-state index contributed by atoms with van der Waals surface area (Å²) in [5.41, 5.74) is 10.9. The zero-order valence-corrected chi connectivity index (χ0v) is 35.0. The van der Waals surface area contributed by atoms with E-state index in [0.29, 0.717) is 17.7 Å². The average molecular weight is 822 g/mol. The third kappa shape index (κ3) is 12.6. The highest BCUT2D eigenvalue weighted by Crippen LogP contribution is 2.48. The van der Waals surface area contributed by atoms with Crippen LogP contribution < -0.4 is 16.4 Å². The van der Waals surface area contributed by atoms with Crippen molar-refractivity contribution < 1.29 is 33.8 Å². The molecule has 2 atom stereocenters. The van der Waals surface area contributed by atoms with E-state index in [4.69, 9.17) is 15.2 Å². The molecule has 5 N–H and O–H groups in total. The molecule has 0 fully saturated rings. The molecular weight excluding hydrogens is 771 g/mol. The molecule has 0 saturated carbocycles. The number of carbonyl (C=O) groups excluding carboxylic acids is 3. The lowest BCUT2D eigenvalue weighted by Gasteiger charge is -2.36. The highest BCUT2D eigenvalue weighted by molar-refractivity contribution is 8.00. The number of hydrogen-bond donors (Lipinski definition) is 4. The monoisotopic (exact) mass is 821 g/mol. The summed E-state index contributed by atoms with van der Waals surface area (Å²) in [6.45, 7) is 5.22. The molecule has 10 nitrogen and oxygen atoms in total. The van der Waals surface area contributed by atoms with E-state index in [9.17, 15) is 24.3 Å². The van der Waals surface area contributed by atoms with Crippen molar-refractivity contribution in [2.75, 3.05) is 30.6 Å². The third-order valence-electron chi connectivity index (χ3n) is 8.77. The topological polar surface area (TPSA) is 157 Å². The molecule has 2 amide bonds. The van der Waals surface area contributed by atoms with Gasteiger partial charge in [-0.15, -0.1) is 11.8 Å². The molecule has 12 heteroatoms. The molecule has 5 aromatic rings. The average Bonchev–Trinajstić information content (AvgIpc) is 3.22. The number of amides is 2. The van der Waals surface area contributed by atoms with Crippen molar-refractivity contribution >= 4 is 53.2 Å². The van der Waals surface area contributed by atoms with Crippen molar-refractivity contribution in [2.45, 2.75) is 49.6 Å². The highest BCUT2D eigenvalue weighted by atomic mass is 32.2. The van der Waals surface area contributed by atoms with Gasteiger partial charge in [0.05, 0.1) is 11.9 Å². The van der Waals surface area contributed by atoms with Gasteiger partial charge < -0.3 is 30.9 Å². The summed E-state index contributed by atoms with van der Waals surface area (Å²) in [4.78, 5) is 49.1. The molecule has 5 aromatic carbocycles. The number of thioether (sulfide) groups is 2. The Hall–Kier alpha value is -5.72. The molecule has 0 spiro atoms. The summed E-state index contributed by atoms with van der Waals surface area (Å²) < 4.78 is 9.41. The van der Waals surface area contributed by atoms with E-state index in [1.54, 1.807) is 50.7 Å². The lowest BCUT2D eigenvalue weighted by atomic mass is 9.84. The van der Waals surface area contributed by atoms with Gasteiger partial charge >= 0.3 is 18.0 Å². The lowest BCUT2D eigenvalue weighted by Crippen LogP contribution is -2.45. The largest absolute Gasteiger partial charge is 0.480 e. The molecule has 304 valence electrons. The Labute approximate surface area is 349 Å². The molecule has 0 aliphatic carbocycles. The summed E-state index contributed by atoms with van der Waals surface area (Å²) >= 11 is 3.08. The maximum Gasteiger partial charge on any atom is 0.408 e. The van der Waals surface area contributed by atoms with Crippen LogP contribution in [-0.2, 0) is 23.8 Å². The summed E-state index contributed by atoms with van der Waals surface area (Å²) in [6.07, 6.45) is 1.71. The molecule has 0 radical (unpaired) electrons. The second kappa shape index (κ2) is 21.7. The second-order valence-corrected chi connectivity index (χ2v) is 16.3. The van der Waals surface area contributed by atoms with Crippen LogP contribution in [0.2, 0.25) is 0 Å². The zero-order chi connectivity index (χ0) is 42.1. The number of carboxylic acids is 1. The minimum Gasteiger partial charge on any atom is -0.480 e. The Morgan fingerprint density at radius 1 is 0.724 bits per heavy atom. The Morgan fingerprint density at radius 2 is 1.22 bits per heavy atom. The van der Waals surface area contributed by atoms with E-state index >= 15 is 0 Å². The number of aliphatic carboxylic acids is 1. The number of methoxy groups -OCH3 is 1. The fourth-order valence-corrected chi connectivity index (χ4v) is 8.10. The third-order valence-corrected chi connectivity index (χ3v) is 11.1. The maximum absolute atomic E-state index is 12.8. The van der Waals surface area contributed by atoms with Crippen molar-refractivity contribution in [1.82, 2.24) is 10.6 Å². The number of rotatable bonds is 15. The Morgan fingerprint density at radius 3 is 1.67 bits per heavy atom. The van der Waals surface area contributed by atoms with Crippen LogP contribution in [0, 0.1) is 0 Å². The van der Waals surface area contributed by atoms with Crippen LogP contribution in [-0.4, -0.2) is 71.6 Å². The number of alkyl carbamates (subject to hydrolysis) is 1. The smallest absolute Gasteiger partial charge is 0.408 e. The number of benzene rings is 5. The fraction of sp³-hybridized carbons (Fsp3) is 0.261. The molecule has 0 saturated heterocycles. The Balaban J connectivity index is 0.000000267. The van der Waals surface area contributed by atoms with Crippen LogP contribution in [0.3, 0.4) is 0 Å². The number of carboxylic acid groups (broad SMARTS) is 1. The number of ether oxygens (including phenoxy) is 2. The van der Waals surface area contributed by atoms with Crippen LogP contribution >= 0.6 is 23.5 Å². The van der Waals surface area contributed by atoms with Gasteiger partial charge in [-0.05, 0) is 85.2 Å². The number of hydrogen-bond acceptors (Lipinski definition) is 9. The molecule has 0 unspecified atom stereocenters. The molecule has 0 bridgehead atoms. The van der Waals surface area contributed by atoms with Gasteiger partial charge in [-0.2, -0.15) is 11.8 Å². The summed E-state index contributed by atoms with van der Waals surface area (Å²) in [7, 11) is 1.32. The Bertz CT molecular complexity index is 1980. The number of nitrogens with two attached hydrogens (primary N) is 1. The Kier molecular flexibility index (Phi) is 16.8. The number of esters is 1. The SMILES string of the molecule is CC(C)(C)OC(=O)N[C@@H](CSC(c1ccccc1)(c1ccccc1)c1ccccc1)C(=O)O.COC(=O)[C@H](CCSC)NC(=O)c1ccc(N)cc1-c1ccccc1. The first-order valence-corrected chi connectivity index (χ1v) is 21.0. The van der Waals surface area contributed by atoms with Crippen LogP contribution in [0.4, 0.5) is 10.5 Å². The van der Waals surface area contributed by atoms with Gasteiger partial charge in [-0.25, -0.2) is 14.4 Å². The van der Waals surface area contributed by atoms with E-state index in [2.05, 4.69) is 10.6 Å². The van der Waals surface area contributed by atoms with Gasteiger partial charge in [0.2, 0.25) is 0 Å². The van der Waals surface area contributed by atoms with Gasteiger partial charge in [0.1, 0.15) is 17.7 Å². The van der Waals surface area contributed by atoms with Crippen LogP contribution in [0.5, 0.6) is 0 Å². The molecule has 0 heterocycles. The quantitative estimate of drug-likeness (QED) is 0.0458. The van der Waals surface area contributed by atoms with Crippen LogP contribution in [0.25, 0.3) is 11.1 Å². The molecule has 0 aliphatic heterocycles. The van der Waals surface area contributed by atoms with Crippen molar-refractivity contribution in [2.24, 2.45) is 0 Å². The second-order valence-electron chi connectivity index (χ2n) is 14.1. The molecule has 0 aromatic heterocycles. The number of nitrogen functional groups attached to an aromatic ring is 1. The lowest BCUT2D eigenvalue weighted by molar-refractivity contribution is -0.143. The highest BCUT2D eigenvalue weighted by Gasteiger charge is 2.39. The first-order valence-electron chi connectivity index (χ1n) is 18.6. The van der Waals surface area contributed by atoms with E-state index in [1.165, 1.54) is 18.9 Å². The first-order chi connectivity index (χ1) is 27.8. The van der Waals surface area contributed by atoms with Crippen molar-refractivity contribution in [3.8, 4) is 11.1 Å². The summed E-state index contributed by atoms with van der Waals surface area (Å²) in [5, 5.41) is 15.1. The van der Waals surface area contributed by atoms with Gasteiger partial charge in [-0.1, -0.05) is 121 Å². The van der Waals surface area contributed by atoms with E-state index in [1.807, 2.05) is 128 Å². The number of nitrogens with one attached hydrogen (secondary N) is 2. The fourth-order valence-electron chi connectivity index (χ4n) is 6.08. The van der Waals surface area contributed by atoms with Crippen molar-refractivity contribution in [3.63, 3.8) is 0 Å². The van der Waals surface area contributed by atoms with Crippen LogP contribution in [0.15, 0.2) is 140 Å². The van der Waals surface area contributed by atoms with Crippen molar-refractivity contribution in [1.29, 1.82) is 0 Å². The molecule has 5 rings (SSSR count). The van der Waals surface area contributed by atoms with E-state index in [-0.39, 0.29) is 11.7 Å². The zero-order valence-electron chi connectivity index (χ0n) is 33.3. The standard InChI is InChI=1S/C27H29NO4S.C19H22N2O3S/c1-26(2,3)32-25(31)28-23(24(29)30)19-33-27(20-13-7-4-8-14-20,21-15-9-5-10-16-21)22-17-11-6-12-18-22;1-24-19(23)17(10-11-25-2)21-18(22)15-9-8-14(20)12-16(15)13-6-4-3-5-7-13/h4-18,23H,19H2,1-3H3,(H,28,31)(H,29,30);3-9,12,17H,10-11,20H2,1-2H3,(H,21,22)/t23-;17-/m00/s1. The maximum atomic E-state index is 12.8. The molecule has 58 heavy (non-hydrogen) atoms. The first kappa shape index (κ1) is 45.0. The predicted molar refractivity (Wildman–Crippen MR) is 235 cm³/mol. The predicted octanol–water partition coefficient (Wildman–Crippen LogP) is 8.65. The van der Waals surface area contributed by atoms with Crippen molar-refractivity contribution in [3.05, 3.63) is 162 Å². The van der Waals surface area contributed by atoms with Gasteiger partial charge in [0.25, 0.3) is 5.91 Å². The normalized spacial score (nSPS) is 12.2. The molecule has 0 aliphatic rings. The number of carbonyl (C=O) groups is 4. The summed E-state index contributed by atoms with van der Waals surface area (Å²) in [6, 6.07) is 42.9. The van der Waals surface area contributed by atoms with E-state index < -0.39 is 40.5 Å².